The molecule has 0 amide bonds. The van der Waals surface area contributed by atoms with E-state index in [2.05, 4.69) is 50.3 Å². The molecule has 130 valence electrons. The molecule has 2 aliphatic rings. The Labute approximate surface area is 154 Å². The average Bonchev–Trinajstić information content (AvgIpc) is 3.47. The predicted octanol–water partition coefficient (Wildman–Crippen LogP) is 5.10. The molecule has 2 nitrogen and oxygen atoms in total. The Hall–Kier alpha value is -1.000. The largest absolute Gasteiger partial charge is 0.496 e. The van der Waals surface area contributed by atoms with Gasteiger partial charge in [-0.1, -0.05) is 30.4 Å². The zero-order valence-electron chi connectivity index (χ0n) is 14.5. The van der Waals surface area contributed by atoms with Crippen molar-refractivity contribution in [3.05, 3.63) is 53.3 Å². The lowest BCUT2D eigenvalue weighted by molar-refractivity contribution is 0.208. The Morgan fingerprint density at radius 2 is 1.88 bits per heavy atom. The lowest BCUT2D eigenvalue weighted by atomic mass is 10.1. The molecule has 2 saturated heterocycles. The fourth-order valence-corrected chi connectivity index (χ4v) is 3.32. The second-order valence-electron chi connectivity index (χ2n) is 6.25. The van der Waals surface area contributed by atoms with E-state index in [1.165, 1.54) is 22.6 Å². The third-order valence-corrected chi connectivity index (χ3v) is 6.01. The minimum absolute atomic E-state index is 0.699. The molecule has 0 bridgehead atoms. The molecule has 2 fully saturated rings. The van der Waals surface area contributed by atoms with Gasteiger partial charge >= 0.3 is 0 Å². The molecule has 24 heavy (non-hydrogen) atoms. The van der Waals surface area contributed by atoms with Crippen molar-refractivity contribution in [2.75, 3.05) is 24.7 Å². The highest BCUT2D eigenvalue weighted by Crippen LogP contribution is 2.33. The normalized spacial score (nSPS) is 23.1. The zero-order valence-corrected chi connectivity index (χ0v) is 16.1. The highest BCUT2D eigenvalue weighted by Gasteiger charge is 2.24. The van der Waals surface area contributed by atoms with Gasteiger partial charge in [0.2, 0.25) is 0 Å². The van der Waals surface area contributed by atoms with Crippen LogP contribution in [0.1, 0.15) is 25.8 Å². The molecule has 4 heteroatoms. The SMILES string of the molecule is C/C=C\C(C)=C(/CCc1ccccc1OCC1CS1)OCC1CS1. The lowest BCUT2D eigenvalue weighted by Crippen LogP contribution is -2.06. The monoisotopic (exact) mass is 362 g/mol. The second kappa shape index (κ2) is 8.91. The Morgan fingerprint density at radius 3 is 2.58 bits per heavy atom. The minimum atomic E-state index is 0.699. The van der Waals surface area contributed by atoms with E-state index < -0.39 is 0 Å². The Bertz CT molecular complexity index is 601. The first kappa shape index (κ1) is 17.8. The third-order valence-electron chi connectivity index (χ3n) is 4.12. The van der Waals surface area contributed by atoms with Gasteiger partial charge in [-0.2, -0.15) is 23.5 Å². The van der Waals surface area contributed by atoms with Crippen LogP contribution in [-0.2, 0) is 11.2 Å². The topological polar surface area (TPSA) is 18.5 Å². The number of hydrogen-bond donors (Lipinski definition) is 0. The van der Waals surface area contributed by atoms with E-state index in [1.54, 1.807) is 0 Å². The van der Waals surface area contributed by atoms with Gasteiger partial charge in [-0.05, 0) is 37.5 Å². The summed E-state index contributed by atoms with van der Waals surface area (Å²) >= 11 is 3.95. The summed E-state index contributed by atoms with van der Waals surface area (Å²) in [5.74, 6) is 4.63. The number of benzene rings is 1. The minimum Gasteiger partial charge on any atom is -0.496 e. The van der Waals surface area contributed by atoms with Crippen molar-refractivity contribution in [2.45, 2.75) is 37.2 Å². The van der Waals surface area contributed by atoms with Gasteiger partial charge in [0.25, 0.3) is 0 Å². The van der Waals surface area contributed by atoms with E-state index >= 15 is 0 Å². The summed E-state index contributed by atoms with van der Waals surface area (Å²) in [6.45, 7) is 5.86. The highest BCUT2D eigenvalue weighted by atomic mass is 32.2. The van der Waals surface area contributed by atoms with Crippen LogP contribution in [0.3, 0.4) is 0 Å². The number of para-hydroxylation sites is 1. The summed E-state index contributed by atoms with van der Waals surface area (Å²) in [6, 6.07) is 8.42. The van der Waals surface area contributed by atoms with Crippen LogP contribution in [0, 0.1) is 0 Å². The number of rotatable bonds is 10. The molecule has 3 rings (SSSR count). The molecule has 0 aliphatic carbocycles. The summed E-state index contributed by atoms with van der Waals surface area (Å²) in [5, 5.41) is 1.40. The summed E-state index contributed by atoms with van der Waals surface area (Å²) < 4.78 is 12.1. The van der Waals surface area contributed by atoms with E-state index in [9.17, 15) is 0 Å². The van der Waals surface area contributed by atoms with Gasteiger partial charge in [0.05, 0.1) is 5.76 Å². The molecule has 1 aromatic rings. The van der Waals surface area contributed by atoms with Gasteiger partial charge in [0, 0.05) is 28.4 Å². The van der Waals surface area contributed by atoms with E-state index in [0.29, 0.717) is 10.5 Å². The maximum atomic E-state index is 6.11. The van der Waals surface area contributed by atoms with Gasteiger partial charge in [0.15, 0.2) is 0 Å². The van der Waals surface area contributed by atoms with Crippen LogP contribution in [0.5, 0.6) is 5.75 Å². The Balaban J connectivity index is 1.61. The van der Waals surface area contributed by atoms with Crippen LogP contribution in [-0.4, -0.2) is 35.2 Å². The van der Waals surface area contributed by atoms with Crippen LogP contribution in [0.4, 0.5) is 0 Å². The first-order chi connectivity index (χ1) is 11.8. The molecule has 0 saturated carbocycles. The van der Waals surface area contributed by atoms with Crippen LogP contribution in [0.15, 0.2) is 47.7 Å². The van der Waals surface area contributed by atoms with Gasteiger partial charge in [-0.25, -0.2) is 0 Å². The molecule has 0 spiro atoms. The van der Waals surface area contributed by atoms with Crippen LogP contribution >= 0.6 is 23.5 Å². The lowest BCUT2D eigenvalue weighted by Gasteiger charge is -2.14. The molecule has 2 unspecified atom stereocenters. The van der Waals surface area contributed by atoms with Crippen molar-refractivity contribution in [3.8, 4) is 5.75 Å². The molecule has 2 atom stereocenters. The molecule has 2 aliphatic heterocycles. The van der Waals surface area contributed by atoms with Crippen molar-refractivity contribution in [2.24, 2.45) is 0 Å². The zero-order chi connectivity index (χ0) is 16.8. The van der Waals surface area contributed by atoms with Crippen molar-refractivity contribution < 1.29 is 9.47 Å². The van der Waals surface area contributed by atoms with Gasteiger partial charge in [-0.3, -0.25) is 0 Å². The standard InChI is InChI=1S/C20H26O2S2/c1-3-6-15(2)19(21-11-17-13-23-17)10-9-16-7-4-5-8-20(16)22-12-18-14-24-18/h3-8,17-18H,9-14H2,1-2H3/b6-3-,19-15+. The number of hydrogen-bond acceptors (Lipinski definition) is 4. The van der Waals surface area contributed by atoms with E-state index in [1.807, 2.05) is 23.5 Å². The smallest absolute Gasteiger partial charge is 0.122 e. The third kappa shape index (κ3) is 5.82. The first-order valence-corrected chi connectivity index (χ1v) is 10.7. The van der Waals surface area contributed by atoms with Gasteiger partial charge < -0.3 is 9.47 Å². The van der Waals surface area contributed by atoms with Crippen molar-refractivity contribution in [3.63, 3.8) is 0 Å². The first-order valence-electron chi connectivity index (χ1n) is 8.65. The van der Waals surface area contributed by atoms with Gasteiger partial charge in [0.1, 0.15) is 19.0 Å². The van der Waals surface area contributed by atoms with E-state index in [-0.39, 0.29) is 0 Å². The fourth-order valence-electron chi connectivity index (χ4n) is 2.53. The van der Waals surface area contributed by atoms with E-state index in [0.717, 1.165) is 37.6 Å². The predicted molar refractivity (Wildman–Crippen MR) is 106 cm³/mol. The van der Waals surface area contributed by atoms with Crippen molar-refractivity contribution in [1.82, 2.24) is 0 Å². The number of allylic oxidation sites excluding steroid dienone is 4. The van der Waals surface area contributed by atoms with Crippen LogP contribution in [0.2, 0.25) is 0 Å². The maximum absolute atomic E-state index is 6.11. The molecule has 0 aromatic heterocycles. The highest BCUT2D eigenvalue weighted by molar-refractivity contribution is 8.07. The molecule has 0 radical (unpaired) electrons. The number of aryl methyl sites for hydroxylation is 1. The number of thioether (sulfide) groups is 2. The van der Waals surface area contributed by atoms with Crippen molar-refractivity contribution in [1.29, 1.82) is 0 Å². The van der Waals surface area contributed by atoms with E-state index in [4.69, 9.17) is 9.47 Å². The van der Waals surface area contributed by atoms with Crippen LogP contribution < -0.4 is 4.74 Å². The molecule has 1 aromatic carbocycles. The molecular formula is C20H26O2S2. The Morgan fingerprint density at radius 1 is 1.17 bits per heavy atom. The quantitative estimate of drug-likeness (QED) is 0.327. The summed E-state index contributed by atoms with van der Waals surface area (Å²) in [4.78, 5) is 0. The van der Waals surface area contributed by atoms with Crippen LogP contribution in [0.25, 0.3) is 0 Å². The summed E-state index contributed by atoms with van der Waals surface area (Å²) in [5.41, 5.74) is 2.51. The summed E-state index contributed by atoms with van der Waals surface area (Å²) in [6.07, 6.45) is 6.10. The second-order valence-corrected chi connectivity index (χ2v) is 8.91. The number of ether oxygens (including phenoxy) is 2. The van der Waals surface area contributed by atoms with Crippen molar-refractivity contribution >= 4 is 23.5 Å². The van der Waals surface area contributed by atoms with Gasteiger partial charge in [-0.15, -0.1) is 0 Å². The fraction of sp³-hybridized carbons (Fsp3) is 0.500. The maximum Gasteiger partial charge on any atom is 0.122 e. The average molecular weight is 363 g/mol. The molecular weight excluding hydrogens is 336 g/mol. The Kier molecular flexibility index (Phi) is 6.61. The molecule has 0 N–H and O–H groups in total. The summed E-state index contributed by atoms with van der Waals surface area (Å²) in [7, 11) is 0. The molecule has 2 heterocycles.